The molecule has 1 aromatic carbocycles. The van der Waals surface area contributed by atoms with Gasteiger partial charge in [0.1, 0.15) is 11.5 Å². The number of rotatable bonds is 2. The van der Waals surface area contributed by atoms with E-state index >= 15 is 0 Å². The molecule has 1 aliphatic rings. The molecular formula is C11H12BrF2N. The normalized spacial score (nSPS) is 30.0. The number of hydrogen-bond acceptors (Lipinski definition) is 1. The van der Waals surface area contributed by atoms with Crippen LogP contribution in [0.4, 0.5) is 8.78 Å². The van der Waals surface area contributed by atoms with E-state index in [1.165, 1.54) is 6.07 Å². The van der Waals surface area contributed by atoms with E-state index in [0.29, 0.717) is 22.9 Å². The Hall–Kier alpha value is -0.480. The zero-order chi connectivity index (χ0) is 11.1. The molecule has 82 valence electrons. The van der Waals surface area contributed by atoms with Crippen molar-refractivity contribution in [2.45, 2.75) is 31.0 Å². The molecule has 1 aromatic rings. The van der Waals surface area contributed by atoms with Crippen LogP contribution in [0.3, 0.4) is 0 Å². The number of nitrogens with two attached hydrogens (primary N) is 1. The summed E-state index contributed by atoms with van der Waals surface area (Å²) in [5.41, 5.74) is 4.98. The van der Waals surface area contributed by atoms with Crippen molar-refractivity contribution in [3.05, 3.63) is 34.1 Å². The summed E-state index contributed by atoms with van der Waals surface area (Å²) in [4.78, 5) is 0. The Balaban J connectivity index is 2.15. The fraction of sp³-hybridized carbons (Fsp3) is 0.455. The third-order valence-electron chi connectivity index (χ3n) is 2.79. The minimum Gasteiger partial charge on any atom is -0.327 e. The molecular weight excluding hydrogens is 264 g/mol. The maximum Gasteiger partial charge on any atom is 0.137 e. The highest BCUT2D eigenvalue weighted by molar-refractivity contribution is 9.10. The van der Waals surface area contributed by atoms with Crippen LogP contribution in [0.5, 0.6) is 0 Å². The molecule has 0 spiro atoms. The molecule has 15 heavy (non-hydrogen) atoms. The second kappa shape index (κ2) is 3.83. The van der Waals surface area contributed by atoms with Gasteiger partial charge in [-0.3, -0.25) is 0 Å². The maximum absolute atomic E-state index is 13.9. The van der Waals surface area contributed by atoms with Gasteiger partial charge in [-0.15, -0.1) is 0 Å². The van der Waals surface area contributed by atoms with Crippen LogP contribution in [0.15, 0.2) is 22.7 Å². The Labute approximate surface area is 95.8 Å². The van der Waals surface area contributed by atoms with Crippen molar-refractivity contribution in [2.75, 3.05) is 0 Å². The third-order valence-corrected chi connectivity index (χ3v) is 3.68. The topological polar surface area (TPSA) is 26.0 Å². The standard InChI is InChI=1S/C11H12BrF2N/c12-10-7(2-1-3-9(10)13)4-11(14)5-8(15)6-11/h1-3,8H,4-6,15H2. The molecule has 0 saturated heterocycles. The van der Waals surface area contributed by atoms with Crippen molar-refractivity contribution in [2.24, 2.45) is 5.73 Å². The van der Waals surface area contributed by atoms with Gasteiger partial charge in [0.25, 0.3) is 0 Å². The van der Waals surface area contributed by atoms with Gasteiger partial charge in [0.15, 0.2) is 0 Å². The Morgan fingerprint density at radius 1 is 1.47 bits per heavy atom. The second-order valence-corrected chi connectivity index (χ2v) is 5.00. The SMILES string of the molecule is NC1CC(F)(Cc2cccc(F)c2Br)C1. The minimum absolute atomic E-state index is 0.0395. The van der Waals surface area contributed by atoms with E-state index < -0.39 is 5.67 Å². The summed E-state index contributed by atoms with van der Waals surface area (Å²) in [6.45, 7) is 0. The molecule has 0 amide bonds. The lowest BCUT2D eigenvalue weighted by Gasteiger charge is -2.39. The molecule has 2 rings (SSSR count). The molecule has 1 nitrogen and oxygen atoms in total. The van der Waals surface area contributed by atoms with Gasteiger partial charge in [0.05, 0.1) is 4.47 Å². The molecule has 0 heterocycles. The van der Waals surface area contributed by atoms with E-state index in [2.05, 4.69) is 15.9 Å². The molecule has 1 aliphatic carbocycles. The van der Waals surface area contributed by atoms with Crippen molar-refractivity contribution in [1.82, 2.24) is 0 Å². The first-order chi connectivity index (χ1) is 7.00. The summed E-state index contributed by atoms with van der Waals surface area (Å²) in [5.74, 6) is -0.347. The minimum atomic E-state index is -1.24. The highest BCUT2D eigenvalue weighted by Gasteiger charge is 2.43. The highest BCUT2D eigenvalue weighted by atomic mass is 79.9. The first kappa shape index (κ1) is 11.0. The van der Waals surface area contributed by atoms with Crippen LogP contribution in [0, 0.1) is 5.82 Å². The van der Waals surface area contributed by atoms with Crippen LogP contribution in [0.25, 0.3) is 0 Å². The van der Waals surface area contributed by atoms with E-state index in [0.717, 1.165) is 0 Å². The molecule has 4 heteroatoms. The predicted molar refractivity (Wildman–Crippen MR) is 58.9 cm³/mol. The number of benzene rings is 1. The molecule has 0 radical (unpaired) electrons. The van der Waals surface area contributed by atoms with Crippen LogP contribution in [0.2, 0.25) is 0 Å². The smallest absolute Gasteiger partial charge is 0.137 e. The molecule has 0 bridgehead atoms. The van der Waals surface area contributed by atoms with Gasteiger partial charge >= 0.3 is 0 Å². The Bertz CT molecular complexity index is 375. The highest BCUT2D eigenvalue weighted by Crippen LogP contribution is 2.39. The first-order valence-corrected chi connectivity index (χ1v) is 5.67. The average molecular weight is 276 g/mol. The van der Waals surface area contributed by atoms with E-state index in [1.807, 2.05) is 0 Å². The summed E-state index contributed by atoms with van der Waals surface area (Å²) in [5, 5.41) is 0. The van der Waals surface area contributed by atoms with Gasteiger partial charge in [-0.05, 0) is 40.4 Å². The predicted octanol–water partition coefficient (Wildman–Crippen LogP) is 2.96. The fourth-order valence-electron chi connectivity index (χ4n) is 2.05. The first-order valence-electron chi connectivity index (χ1n) is 4.88. The molecule has 1 fully saturated rings. The Morgan fingerprint density at radius 3 is 2.73 bits per heavy atom. The number of alkyl halides is 1. The lowest BCUT2D eigenvalue weighted by Crippen LogP contribution is -2.49. The average Bonchev–Trinajstić information content (AvgIpc) is 2.11. The van der Waals surface area contributed by atoms with Crippen molar-refractivity contribution in [1.29, 1.82) is 0 Å². The lowest BCUT2D eigenvalue weighted by atomic mass is 9.74. The summed E-state index contributed by atoms with van der Waals surface area (Å²) in [6, 6.07) is 4.64. The molecule has 0 aliphatic heterocycles. The van der Waals surface area contributed by atoms with Crippen molar-refractivity contribution >= 4 is 15.9 Å². The summed E-state index contributed by atoms with van der Waals surface area (Å²) >= 11 is 3.13. The molecule has 2 N–H and O–H groups in total. The molecule has 0 aromatic heterocycles. The van der Waals surface area contributed by atoms with Gasteiger partial charge in [0, 0.05) is 12.5 Å². The van der Waals surface area contributed by atoms with Gasteiger partial charge in [0.2, 0.25) is 0 Å². The van der Waals surface area contributed by atoms with Gasteiger partial charge in [-0.1, -0.05) is 12.1 Å². The molecule has 0 atom stereocenters. The zero-order valence-corrected chi connectivity index (χ0v) is 9.73. The summed E-state index contributed by atoms with van der Waals surface area (Å²) in [6.07, 6.45) is 0.977. The summed E-state index contributed by atoms with van der Waals surface area (Å²) < 4.78 is 27.5. The second-order valence-electron chi connectivity index (χ2n) is 4.21. The lowest BCUT2D eigenvalue weighted by molar-refractivity contribution is 0.0442. The van der Waals surface area contributed by atoms with Crippen molar-refractivity contribution in [3.63, 3.8) is 0 Å². The number of hydrogen-bond donors (Lipinski definition) is 1. The molecule has 0 unspecified atom stereocenters. The largest absolute Gasteiger partial charge is 0.327 e. The van der Waals surface area contributed by atoms with Crippen LogP contribution < -0.4 is 5.73 Å². The monoisotopic (exact) mass is 275 g/mol. The van der Waals surface area contributed by atoms with Gasteiger partial charge in [-0.2, -0.15) is 0 Å². The van der Waals surface area contributed by atoms with E-state index in [1.54, 1.807) is 12.1 Å². The van der Waals surface area contributed by atoms with Gasteiger partial charge in [-0.25, -0.2) is 8.78 Å². The Kier molecular flexibility index (Phi) is 2.81. The Morgan fingerprint density at radius 2 is 2.13 bits per heavy atom. The van der Waals surface area contributed by atoms with E-state index in [9.17, 15) is 8.78 Å². The van der Waals surface area contributed by atoms with Gasteiger partial charge < -0.3 is 5.73 Å². The summed E-state index contributed by atoms with van der Waals surface area (Å²) in [7, 11) is 0. The molecule has 1 saturated carbocycles. The van der Waals surface area contributed by atoms with E-state index in [4.69, 9.17) is 5.73 Å². The fourth-order valence-corrected chi connectivity index (χ4v) is 2.46. The van der Waals surface area contributed by atoms with Crippen LogP contribution in [-0.2, 0) is 6.42 Å². The third kappa shape index (κ3) is 2.21. The quantitative estimate of drug-likeness (QED) is 0.883. The number of halogens is 3. The zero-order valence-electron chi connectivity index (χ0n) is 8.14. The van der Waals surface area contributed by atoms with E-state index in [-0.39, 0.29) is 18.3 Å². The van der Waals surface area contributed by atoms with Crippen molar-refractivity contribution < 1.29 is 8.78 Å². The maximum atomic E-state index is 13.9. The van der Waals surface area contributed by atoms with Crippen LogP contribution >= 0.6 is 15.9 Å². The van der Waals surface area contributed by atoms with Crippen LogP contribution in [0.1, 0.15) is 18.4 Å². The van der Waals surface area contributed by atoms with Crippen LogP contribution in [-0.4, -0.2) is 11.7 Å². The van der Waals surface area contributed by atoms with Crippen molar-refractivity contribution in [3.8, 4) is 0 Å².